The van der Waals surface area contributed by atoms with Crippen molar-refractivity contribution in [3.05, 3.63) is 15.6 Å². The fourth-order valence-electron chi connectivity index (χ4n) is 2.05. The highest BCUT2D eigenvalue weighted by molar-refractivity contribution is 7.99. The third kappa shape index (κ3) is 2.60. The molecule has 0 aromatic carbocycles. The maximum Gasteiger partial charge on any atom is 0.106 e. The maximum absolute atomic E-state index is 5.79. The smallest absolute Gasteiger partial charge is 0.106 e. The van der Waals surface area contributed by atoms with Crippen molar-refractivity contribution in [2.24, 2.45) is 5.73 Å². The summed E-state index contributed by atoms with van der Waals surface area (Å²) >= 11 is 3.91. The minimum absolute atomic E-state index is 0.497. The average molecular weight is 256 g/mol. The molecule has 1 aliphatic rings. The van der Waals surface area contributed by atoms with E-state index in [1.165, 1.54) is 40.6 Å². The number of hydrogen-bond acceptors (Lipinski definition) is 4. The molecule has 2 rings (SSSR count). The lowest BCUT2D eigenvalue weighted by molar-refractivity contribution is 0.679. The van der Waals surface area contributed by atoms with E-state index in [0.717, 1.165) is 0 Å². The van der Waals surface area contributed by atoms with Crippen LogP contribution in [0.15, 0.2) is 0 Å². The van der Waals surface area contributed by atoms with Crippen LogP contribution in [0.1, 0.15) is 59.9 Å². The van der Waals surface area contributed by atoms with Crippen molar-refractivity contribution < 1.29 is 0 Å². The molecule has 4 heteroatoms. The Kier molecular flexibility index (Phi) is 4.27. The van der Waals surface area contributed by atoms with Crippen LogP contribution in [-0.4, -0.2) is 10.7 Å². The SMILES string of the molecule is CC(C)c1nc(C2CCCCS2)sc1CN. The van der Waals surface area contributed by atoms with Gasteiger partial charge in [-0.1, -0.05) is 20.3 Å². The number of thioether (sulfide) groups is 1. The molecule has 0 radical (unpaired) electrons. The Balaban J connectivity index is 2.20. The van der Waals surface area contributed by atoms with E-state index in [4.69, 9.17) is 10.7 Å². The molecule has 0 amide bonds. The lowest BCUT2D eigenvalue weighted by Crippen LogP contribution is -2.02. The molecule has 0 bridgehead atoms. The van der Waals surface area contributed by atoms with Crippen LogP contribution in [0, 0.1) is 0 Å². The maximum atomic E-state index is 5.79. The van der Waals surface area contributed by atoms with Crippen LogP contribution >= 0.6 is 23.1 Å². The summed E-state index contributed by atoms with van der Waals surface area (Å²) in [5, 5.41) is 1.95. The third-order valence-corrected chi connectivity index (χ3v) is 5.67. The molecule has 0 spiro atoms. The Morgan fingerprint density at radius 3 is 2.75 bits per heavy atom. The zero-order valence-corrected chi connectivity index (χ0v) is 11.7. The van der Waals surface area contributed by atoms with Gasteiger partial charge in [-0.2, -0.15) is 11.8 Å². The van der Waals surface area contributed by atoms with Crippen LogP contribution < -0.4 is 5.73 Å². The number of aromatic nitrogens is 1. The van der Waals surface area contributed by atoms with Gasteiger partial charge < -0.3 is 5.73 Å². The largest absolute Gasteiger partial charge is 0.326 e. The molecule has 0 saturated carbocycles. The van der Waals surface area contributed by atoms with Gasteiger partial charge in [0, 0.05) is 11.4 Å². The van der Waals surface area contributed by atoms with Crippen molar-refractivity contribution in [3.8, 4) is 0 Å². The Labute approximate surface area is 106 Å². The first-order valence-corrected chi connectivity index (χ1v) is 7.90. The number of nitrogens with zero attached hydrogens (tertiary/aromatic N) is 1. The second-order valence-corrected chi connectivity index (χ2v) is 7.00. The van der Waals surface area contributed by atoms with Gasteiger partial charge in [-0.25, -0.2) is 4.98 Å². The van der Waals surface area contributed by atoms with E-state index in [1.54, 1.807) is 0 Å². The highest BCUT2D eigenvalue weighted by atomic mass is 32.2. The van der Waals surface area contributed by atoms with E-state index >= 15 is 0 Å². The first-order chi connectivity index (χ1) is 7.72. The predicted octanol–water partition coefficient (Wildman–Crippen LogP) is 3.68. The monoisotopic (exact) mass is 256 g/mol. The Morgan fingerprint density at radius 1 is 1.44 bits per heavy atom. The highest BCUT2D eigenvalue weighted by Crippen LogP contribution is 2.41. The molecule has 2 heterocycles. The lowest BCUT2D eigenvalue weighted by atomic mass is 10.1. The summed E-state index contributed by atoms with van der Waals surface area (Å²) in [6.07, 6.45) is 4.01. The number of hydrogen-bond donors (Lipinski definition) is 1. The molecule has 0 aliphatic carbocycles. The summed E-state index contributed by atoms with van der Waals surface area (Å²) in [7, 11) is 0. The van der Waals surface area contributed by atoms with Crippen LogP contribution in [0.2, 0.25) is 0 Å². The molecular formula is C12H20N2S2. The second-order valence-electron chi connectivity index (χ2n) is 4.57. The Morgan fingerprint density at radius 2 is 2.25 bits per heavy atom. The van der Waals surface area contributed by atoms with Crippen LogP contribution in [0.5, 0.6) is 0 Å². The minimum atomic E-state index is 0.497. The van der Waals surface area contributed by atoms with Crippen molar-refractivity contribution >= 4 is 23.1 Å². The van der Waals surface area contributed by atoms with E-state index in [0.29, 0.717) is 17.7 Å². The number of thiazole rings is 1. The van der Waals surface area contributed by atoms with Gasteiger partial charge in [-0.15, -0.1) is 11.3 Å². The van der Waals surface area contributed by atoms with Gasteiger partial charge in [-0.05, 0) is 24.5 Å². The van der Waals surface area contributed by atoms with E-state index in [2.05, 4.69) is 25.6 Å². The van der Waals surface area contributed by atoms with Crippen molar-refractivity contribution in [2.45, 2.75) is 50.8 Å². The molecule has 1 aromatic heterocycles. The zero-order chi connectivity index (χ0) is 11.5. The molecule has 16 heavy (non-hydrogen) atoms. The van der Waals surface area contributed by atoms with E-state index in [1.807, 2.05) is 11.3 Å². The lowest BCUT2D eigenvalue weighted by Gasteiger charge is -2.18. The second kappa shape index (κ2) is 5.52. The molecule has 90 valence electrons. The molecule has 1 fully saturated rings. The van der Waals surface area contributed by atoms with Crippen molar-refractivity contribution in [3.63, 3.8) is 0 Å². The molecule has 1 saturated heterocycles. The van der Waals surface area contributed by atoms with E-state index < -0.39 is 0 Å². The standard InChI is InChI=1S/C12H20N2S2/c1-8(2)11-10(7-13)16-12(14-11)9-5-3-4-6-15-9/h8-9H,3-7,13H2,1-2H3. The van der Waals surface area contributed by atoms with Crippen LogP contribution in [0.4, 0.5) is 0 Å². The molecule has 1 aromatic rings. The van der Waals surface area contributed by atoms with Gasteiger partial charge in [0.1, 0.15) is 5.01 Å². The summed E-state index contributed by atoms with van der Waals surface area (Å²) in [5.41, 5.74) is 7.03. The Hall–Kier alpha value is -0.0600. The zero-order valence-electron chi connectivity index (χ0n) is 10.0. The van der Waals surface area contributed by atoms with E-state index in [-0.39, 0.29) is 0 Å². The Bertz CT molecular complexity index is 341. The molecule has 2 nitrogen and oxygen atoms in total. The molecule has 1 unspecified atom stereocenters. The summed E-state index contributed by atoms with van der Waals surface area (Å²) < 4.78 is 0. The fraction of sp³-hybridized carbons (Fsp3) is 0.750. The van der Waals surface area contributed by atoms with Crippen molar-refractivity contribution in [2.75, 3.05) is 5.75 Å². The molecule has 1 atom stereocenters. The van der Waals surface area contributed by atoms with Gasteiger partial charge in [0.25, 0.3) is 0 Å². The highest BCUT2D eigenvalue weighted by Gasteiger charge is 2.22. The summed E-state index contributed by atoms with van der Waals surface area (Å²) in [5.74, 6) is 1.79. The number of rotatable bonds is 3. The van der Waals surface area contributed by atoms with Gasteiger partial charge >= 0.3 is 0 Å². The normalized spacial score (nSPS) is 21.6. The van der Waals surface area contributed by atoms with Crippen LogP contribution in [-0.2, 0) is 6.54 Å². The summed E-state index contributed by atoms with van der Waals surface area (Å²) in [6, 6.07) is 0. The van der Waals surface area contributed by atoms with Crippen LogP contribution in [0.25, 0.3) is 0 Å². The van der Waals surface area contributed by atoms with Gasteiger partial charge in [0.2, 0.25) is 0 Å². The van der Waals surface area contributed by atoms with Crippen molar-refractivity contribution in [1.29, 1.82) is 0 Å². The predicted molar refractivity (Wildman–Crippen MR) is 73.1 cm³/mol. The van der Waals surface area contributed by atoms with Gasteiger partial charge in [0.05, 0.1) is 10.9 Å². The van der Waals surface area contributed by atoms with Crippen molar-refractivity contribution in [1.82, 2.24) is 4.98 Å². The fourth-order valence-corrected chi connectivity index (χ4v) is 4.70. The molecule has 2 N–H and O–H groups in total. The first-order valence-electron chi connectivity index (χ1n) is 6.03. The van der Waals surface area contributed by atoms with E-state index in [9.17, 15) is 0 Å². The molecule has 1 aliphatic heterocycles. The van der Waals surface area contributed by atoms with Gasteiger partial charge in [0.15, 0.2) is 0 Å². The minimum Gasteiger partial charge on any atom is -0.326 e. The van der Waals surface area contributed by atoms with Crippen LogP contribution in [0.3, 0.4) is 0 Å². The molecular weight excluding hydrogens is 236 g/mol. The summed E-state index contributed by atoms with van der Waals surface area (Å²) in [6.45, 7) is 5.04. The van der Waals surface area contributed by atoms with Gasteiger partial charge in [-0.3, -0.25) is 0 Å². The first kappa shape index (κ1) is 12.4. The third-order valence-electron chi connectivity index (χ3n) is 2.93. The average Bonchev–Trinajstić information content (AvgIpc) is 2.74. The number of nitrogens with two attached hydrogens (primary N) is 1. The summed E-state index contributed by atoms with van der Waals surface area (Å²) in [4.78, 5) is 6.11. The topological polar surface area (TPSA) is 38.9 Å². The quantitative estimate of drug-likeness (QED) is 0.896.